The molecule has 2 aliphatic heterocycles. The maximum absolute atomic E-state index is 12.8. The van der Waals surface area contributed by atoms with Crippen molar-refractivity contribution >= 4 is 34.5 Å². The molecule has 2 aromatic heterocycles. The smallest absolute Gasteiger partial charge is 0.414 e. The molecule has 0 unspecified atom stereocenters. The number of hydrogen-bond acceptors (Lipinski definition) is 5. The summed E-state index contributed by atoms with van der Waals surface area (Å²) in [5.41, 5.74) is 2.07. The lowest BCUT2D eigenvalue weighted by Crippen LogP contribution is -2.45. The lowest BCUT2D eigenvalue weighted by molar-refractivity contribution is 0.0314. The van der Waals surface area contributed by atoms with E-state index in [0.29, 0.717) is 18.6 Å². The Bertz CT molecular complexity index is 657. The zero-order valence-corrected chi connectivity index (χ0v) is 15.4. The average molecular weight is 363 g/mol. The first-order chi connectivity index (χ1) is 11.7. The van der Waals surface area contributed by atoms with Gasteiger partial charge in [-0.25, -0.2) is 4.79 Å². The molecule has 0 spiro atoms. The second-order valence-electron chi connectivity index (χ2n) is 6.73. The minimum Gasteiger partial charge on any atom is -0.446 e. The zero-order chi connectivity index (χ0) is 16.5. The molecule has 0 saturated carbocycles. The standard InChI is InChI=1S/C18H22N2O2S2/c1-19-14-2-3-15(19)9-17(8-14)22-18(21)20(16-5-7-24-12-16)10-13-4-6-23-11-13/h4-7,11-12,14-15,17H,2-3,8-10H2,1H3/t14-,15+,17+. The van der Waals surface area contributed by atoms with Crippen LogP contribution in [0.15, 0.2) is 33.7 Å². The molecule has 2 aromatic rings. The lowest BCUT2D eigenvalue weighted by Gasteiger charge is -2.36. The average Bonchev–Trinajstić information content (AvgIpc) is 3.29. The zero-order valence-electron chi connectivity index (χ0n) is 13.8. The fourth-order valence-electron chi connectivity index (χ4n) is 3.90. The quantitative estimate of drug-likeness (QED) is 0.798. The Hall–Kier alpha value is -1.37. The van der Waals surface area contributed by atoms with E-state index in [0.717, 1.165) is 24.1 Å². The predicted octanol–water partition coefficient (Wildman–Crippen LogP) is 4.58. The monoisotopic (exact) mass is 362 g/mol. The molecule has 2 saturated heterocycles. The third kappa shape index (κ3) is 3.23. The van der Waals surface area contributed by atoms with E-state index in [1.54, 1.807) is 27.6 Å². The highest BCUT2D eigenvalue weighted by Crippen LogP contribution is 2.36. The lowest BCUT2D eigenvalue weighted by atomic mass is 10.0. The summed E-state index contributed by atoms with van der Waals surface area (Å²) in [6.45, 7) is 0.568. The van der Waals surface area contributed by atoms with Crippen LogP contribution in [0.25, 0.3) is 0 Å². The van der Waals surface area contributed by atoms with Crippen LogP contribution in [0.4, 0.5) is 10.5 Å². The minimum absolute atomic E-state index is 0.0508. The second-order valence-corrected chi connectivity index (χ2v) is 8.29. The summed E-state index contributed by atoms with van der Waals surface area (Å²) >= 11 is 3.26. The van der Waals surface area contributed by atoms with Gasteiger partial charge in [0.25, 0.3) is 0 Å². The van der Waals surface area contributed by atoms with Gasteiger partial charge < -0.3 is 9.64 Å². The molecule has 6 heteroatoms. The maximum Gasteiger partial charge on any atom is 0.414 e. The number of amides is 1. The SMILES string of the molecule is CN1[C@@H]2CC[C@H]1C[C@@H](OC(=O)N(Cc1ccsc1)c1ccsc1)C2. The van der Waals surface area contributed by atoms with Gasteiger partial charge in [-0.3, -0.25) is 4.90 Å². The third-order valence-corrected chi connectivity index (χ3v) is 6.68. The summed E-state index contributed by atoms with van der Waals surface area (Å²) < 4.78 is 5.92. The third-order valence-electron chi connectivity index (χ3n) is 5.28. The minimum atomic E-state index is -0.214. The molecule has 4 heterocycles. The summed E-state index contributed by atoms with van der Waals surface area (Å²) in [4.78, 5) is 17.1. The van der Waals surface area contributed by atoms with Gasteiger partial charge in [0.1, 0.15) is 6.10 Å². The van der Waals surface area contributed by atoms with Crippen molar-refractivity contribution in [3.63, 3.8) is 0 Å². The maximum atomic E-state index is 12.8. The van der Waals surface area contributed by atoms with Crippen molar-refractivity contribution in [3.05, 3.63) is 39.2 Å². The van der Waals surface area contributed by atoms with E-state index in [2.05, 4.69) is 23.4 Å². The fraction of sp³-hybridized carbons (Fsp3) is 0.500. The highest BCUT2D eigenvalue weighted by Gasteiger charge is 2.40. The molecule has 0 aliphatic carbocycles. The molecule has 2 aliphatic rings. The van der Waals surface area contributed by atoms with Gasteiger partial charge in [0.05, 0.1) is 12.2 Å². The van der Waals surface area contributed by atoms with E-state index in [-0.39, 0.29) is 12.2 Å². The van der Waals surface area contributed by atoms with Crippen molar-refractivity contribution in [3.8, 4) is 0 Å². The number of nitrogens with zero attached hydrogens (tertiary/aromatic N) is 2. The van der Waals surface area contributed by atoms with Crippen molar-refractivity contribution < 1.29 is 9.53 Å². The number of thiophene rings is 2. The normalized spacial score (nSPS) is 26.5. The van der Waals surface area contributed by atoms with Crippen LogP contribution in [0.1, 0.15) is 31.2 Å². The Kier molecular flexibility index (Phi) is 4.61. The van der Waals surface area contributed by atoms with Crippen LogP contribution >= 0.6 is 22.7 Å². The van der Waals surface area contributed by atoms with Gasteiger partial charge in [-0.2, -0.15) is 22.7 Å². The number of piperidine rings is 1. The number of fused-ring (bicyclic) bond motifs is 2. The van der Waals surface area contributed by atoms with Crippen molar-refractivity contribution in [1.29, 1.82) is 0 Å². The first-order valence-electron chi connectivity index (χ1n) is 8.44. The van der Waals surface area contributed by atoms with Crippen LogP contribution in [0.3, 0.4) is 0 Å². The summed E-state index contributed by atoms with van der Waals surface area (Å²) in [6, 6.07) is 5.20. The Morgan fingerprint density at radius 3 is 2.54 bits per heavy atom. The Labute approximate surface area is 150 Å². The number of carbonyl (C=O) groups is 1. The first kappa shape index (κ1) is 16.1. The summed E-state index contributed by atoms with van der Waals surface area (Å²) in [5.74, 6) is 0. The summed E-state index contributed by atoms with van der Waals surface area (Å²) in [7, 11) is 2.20. The van der Waals surface area contributed by atoms with Crippen molar-refractivity contribution in [1.82, 2.24) is 4.90 Å². The van der Waals surface area contributed by atoms with Gasteiger partial charge in [-0.05, 0) is 53.7 Å². The first-order valence-corrected chi connectivity index (χ1v) is 10.3. The number of ether oxygens (including phenoxy) is 1. The van der Waals surface area contributed by atoms with E-state index in [9.17, 15) is 4.79 Å². The van der Waals surface area contributed by atoms with E-state index in [4.69, 9.17) is 4.74 Å². The molecule has 0 aromatic carbocycles. The highest BCUT2D eigenvalue weighted by molar-refractivity contribution is 7.08. The molecule has 2 bridgehead atoms. The van der Waals surface area contributed by atoms with E-state index in [1.165, 1.54) is 12.8 Å². The summed E-state index contributed by atoms with van der Waals surface area (Å²) in [5, 5.41) is 8.13. The molecule has 3 atom stereocenters. The van der Waals surface area contributed by atoms with Gasteiger partial charge in [0, 0.05) is 30.3 Å². The fourth-order valence-corrected chi connectivity index (χ4v) is 5.20. The van der Waals surface area contributed by atoms with Gasteiger partial charge in [0.15, 0.2) is 0 Å². The molecule has 24 heavy (non-hydrogen) atoms. The van der Waals surface area contributed by atoms with Gasteiger partial charge in [0.2, 0.25) is 0 Å². The van der Waals surface area contributed by atoms with Crippen molar-refractivity contribution in [2.24, 2.45) is 0 Å². The topological polar surface area (TPSA) is 32.8 Å². The highest BCUT2D eigenvalue weighted by atomic mass is 32.1. The molecule has 4 rings (SSSR count). The van der Waals surface area contributed by atoms with Crippen LogP contribution in [0, 0.1) is 0 Å². The van der Waals surface area contributed by atoms with E-state index < -0.39 is 0 Å². The number of carbonyl (C=O) groups excluding carboxylic acids is 1. The predicted molar refractivity (Wildman–Crippen MR) is 98.9 cm³/mol. The van der Waals surface area contributed by atoms with Crippen LogP contribution in [-0.2, 0) is 11.3 Å². The molecular formula is C18H22N2O2S2. The van der Waals surface area contributed by atoms with Crippen LogP contribution in [-0.4, -0.2) is 36.2 Å². The van der Waals surface area contributed by atoms with Crippen molar-refractivity contribution in [2.45, 2.75) is 50.4 Å². The molecule has 0 N–H and O–H groups in total. The largest absolute Gasteiger partial charge is 0.446 e. The summed E-state index contributed by atoms with van der Waals surface area (Å²) in [6.07, 6.45) is 4.24. The molecule has 4 nitrogen and oxygen atoms in total. The van der Waals surface area contributed by atoms with Crippen LogP contribution in [0.2, 0.25) is 0 Å². The van der Waals surface area contributed by atoms with E-state index >= 15 is 0 Å². The van der Waals surface area contributed by atoms with Gasteiger partial charge in [-0.15, -0.1) is 0 Å². The van der Waals surface area contributed by atoms with Crippen LogP contribution in [0.5, 0.6) is 0 Å². The Morgan fingerprint density at radius 1 is 1.21 bits per heavy atom. The van der Waals surface area contributed by atoms with Gasteiger partial charge >= 0.3 is 6.09 Å². The molecule has 128 valence electrons. The van der Waals surface area contributed by atoms with Crippen molar-refractivity contribution in [2.75, 3.05) is 11.9 Å². The Morgan fingerprint density at radius 2 is 1.92 bits per heavy atom. The van der Waals surface area contributed by atoms with Crippen LogP contribution < -0.4 is 4.90 Å². The number of hydrogen-bond donors (Lipinski definition) is 0. The van der Waals surface area contributed by atoms with E-state index in [1.807, 2.05) is 22.2 Å². The molecular weight excluding hydrogens is 340 g/mol. The Balaban J connectivity index is 1.46. The molecule has 2 fully saturated rings. The van der Waals surface area contributed by atoms with Gasteiger partial charge in [-0.1, -0.05) is 0 Å². The number of anilines is 1. The number of rotatable bonds is 4. The second kappa shape index (κ2) is 6.86. The molecule has 1 amide bonds. The molecule has 0 radical (unpaired) electrons.